The normalized spacial score (nSPS) is 10.9. The summed E-state index contributed by atoms with van der Waals surface area (Å²) in [5.41, 5.74) is 1.16. The Kier molecular flexibility index (Phi) is 2.15. The summed E-state index contributed by atoms with van der Waals surface area (Å²) in [4.78, 5) is 0. The molecule has 0 spiro atoms. The van der Waals surface area contributed by atoms with E-state index in [1.54, 1.807) is 14.1 Å². The van der Waals surface area contributed by atoms with E-state index in [4.69, 9.17) is 0 Å². The lowest BCUT2D eigenvalue weighted by atomic mass is 11.1. The molecule has 0 amide bonds. The smallest absolute Gasteiger partial charge is 0.232 e. The van der Waals surface area contributed by atoms with E-state index in [1.165, 1.54) is 4.58 Å². The molecule has 0 aliphatic rings. The van der Waals surface area contributed by atoms with Crippen molar-refractivity contribution < 1.29 is 13.0 Å². The van der Waals surface area contributed by atoms with Crippen LogP contribution in [0.4, 0.5) is 0 Å². The van der Waals surface area contributed by atoms with E-state index in [9.17, 15) is 8.42 Å². The molecule has 0 aliphatic heterocycles. The van der Waals surface area contributed by atoms with Gasteiger partial charge in [0.1, 0.15) is 14.1 Å². The minimum absolute atomic E-state index is 1.16. The van der Waals surface area contributed by atoms with Crippen LogP contribution in [0.1, 0.15) is 0 Å². The molecule has 0 radical (unpaired) electrons. The molecule has 48 valence electrons. The van der Waals surface area contributed by atoms with E-state index in [1.807, 2.05) is 0 Å². The van der Waals surface area contributed by atoms with Gasteiger partial charge in [0.05, 0.1) is 0 Å². The van der Waals surface area contributed by atoms with Crippen LogP contribution in [-0.4, -0.2) is 38.9 Å². The SMILES string of the molecule is C[N+](C)=CS(C)(=O)=O. The van der Waals surface area contributed by atoms with Crippen molar-refractivity contribution in [3.8, 4) is 0 Å². The molecule has 3 nitrogen and oxygen atoms in total. The standard InChI is InChI=1S/C4H10NO2S/c1-5(2)4-8(3,6)7/h4H,1-3H3/q+1. The maximum Gasteiger partial charge on any atom is 0.255 e. The largest absolute Gasteiger partial charge is 0.255 e. The highest BCUT2D eigenvalue weighted by atomic mass is 32.2. The number of sulfone groups is 1. The summed E-state index contributed by atoms with van der Waals surface area (Å²) >= 11 is 0. The zero-order valence-corrected chi connectivity index (χ0v) is 6.07. The summed E-state index contributed by atoms with van der Waals surface area (Å²) in [6.45, 7) is 0. The quantitative estimate of drug-likeness (QED) is 0.272. The summed E-state index contributed by atoms with van der Waals surface area (Å²) in [6.07, 6.45) is 1.16. The van der Waals surface area contributed by atoms with Crippen LogP contribution in [0.3, 0.4) is 0 Å². The second kappa shape index (κ2) is 2.26. The van der Waals surface area contributed by atoms with E-state index >= 15 is 0 Å². The van der Waals surface area contributed by atoms with Gasteiger partial charge in [-0.2, -0.15) is 0 Å². The molecule has 0 rings (SSSR count). The summed E-state index contributed by atoms with van der Waals surface area (Å²) in [5, 5.41) is 0. The van der Waals surface area contributed by atoms with Gasteiger partial charge in [-0.3, -0.25) is 0 Å². The van der Waals surface area contributed by atoms with Crippen LogP contribution in [0.5, 0.6) is 0 Å². The van der Waals surface area contributed by atoms with Crippen molar-refractivity contribution in [2.75, 3.05) is 20.4 Å². The minimum atomic E-state index is -2.92. The van der Waals surface area contributed by atoms with Gasteiger partial charge in [0.15, 0.2) is 0 Å². The molecule has 0 N–H and O–H groups in total. The van der Waals surface area contributed by atoms with Gasteiger partial charge >= 0.3 is 0 Å². The van der Waals surface area contributed by atoms with Crippen molar-refractivity contribution in [2.45, 2.75) is 0 Å². The third-order valence-electron chi connectivity index (χ3n) is 0.402. The second-order valence-electron chi connectivity index (χ2n) is 1.90. The Morgan fingerprint density at radius 1 is 1.38 bits per heavy atom. The highest BCUT2D eigenvalue weighted by Crippen LogP contribution is 1.70. The fourth-order valence-electron chi connectivity index (χ4n) is 0.383. The first-order valence-electron chi connectivity index (χ1n) is 2.13. The third-order valence-corrected chi connectivity index (χ3v) is 1.21. The van der Waals surface area contributed by atoms with Gasteiger partial charge in [0.2, 0.25) is 9.84 Å². The molecule has 0 atom stereocenters. The first-order chi connectivity index (χ1) is 3.42. The summed E-state index contributed by atoms with van der Waals surface area (Å²) in [7, 11) is 0.413. The average molecular weight is 136 g/mol. The Morgan fingerprint density at radius 2 is 1.75 bits per heavy atom. The molecule has 0 bridgehead atoms. The number of nitrogens with zero attached hydrogens (tertiary/aromatic N) is 1. The molecule has 0 fully saturated rings. The van der Waals surface area contributed by atoms with Crippen LogP contribution in [0, 0.1) is 0 Å². The molecule has 0 aromatic carbocycles. The van der Waals surface area contributed by atoms with Crippen molar-refractivity contribution in [3.63, 3.8) is 0 Å². The van der Waals surface area contributed by atoms with Crippen LogP contribution >= 0.6 is 0 Å². The maximum absolute atomic E-state index is 10.3. The molecular weight excluding hydrogens is 126 g/mol. The van der Waals surface area contributed by atoms with Gasteiger partial charge in [-0.15, -0.1) is 0 Å². The Bertz CT molecular complexity index is 186. The van der Waals surface area contributed by atoms with E-state index < -0.39 is 9.84 Å². The van der Waals surface area contributed by atoms with Crippen LogP contribution in [0.15, 0.2) is 0 Å². The monoisotopic (exact) mass is 136 g/mol. The lowest BCUT2D eigenvalue weighted by Gasteiger charge is -1.81. The van der Waals surface area contributed by atoms with Crippen LogP contribution in [-0.2, 0) is 9.84 Å². The Hall–Kier alpha value is -0.380. The third kappa shape index (κ3) is 5.62. The Labute approximate surface area is 49.6 Å². The molecule has 0 heterocycles. The number of hydrogen-bond acceptors (Lipinski definition) is 2. The highest BCUT2D eigenvalue weighted by Gasteiger charge is 1.98. The highest BCUT2D eigenvalue weighted by molar-refractivity contribution is 8.03. The molecule has 4 heteroatoms. The Morgan fingerprint density at radius 3 is 1.75 bits per heavy atom. The summed E-state index contributed by atoms with van der Waals surface area (Å²) in [6, 6.07) is 0. The predicted octanol–water partition coefficient (Wildman–Crippen LogP) is -0.669. The van der Waals surface area contributed by atoms with Crippen molar-refractivity contribution in [3.05, 3.63) is 0 Å². The predicted molar refractivity (Wildman–Crippen MR) is 33.0 cm³/mol. The summed E-state index contributed by atoms with van der Waals surface area (Å²) in [5.74, 6) is 0. The van der Waals surface area contributed by atoms with Gasteiger partial charge in [-0.1, -0.05) is 0 Å². The maximum atomic E-state index is 10.3. The van der Waals surface area contributed by atoms with E-state index in [-0.39, 0.29) is 0 Å². The molecule has 0 saturated carbocycles. The summed E-state index contributed by atoms with van der Waals surface area (Å²) < 4.78 is 22.2. The molecule has 0 aromatic rings. The molecule has 8 heavy (non-hydrogen) atoms. The van der Waals surface area contributed by atoms with Gasteiger partial charge in [-0.05, 0) is 0 Å². The van der Waals surface area contributed by atoms with Crippen molar-refractivity contribution in [2.24, 2.45) is 0 Å². The van der Waals surface area contributed by atoms with Crippen molar-refractivity contribution >= 4 is 15.4 Å². The van der Waals surface area contributed by atoms with E-state index in [0.717, 1.165) is 11.8 Å². The van der Waals surface area contributed by atoms with Gasteiger partial charge in [0, 0.05) is 6.26 Å². The van der Waals surface area contributed by atoms with Gasteiger partial charge < -0.3 is 0 Å². The van der Waals surface area contributed by atoms with E-state index in [2.05, 4.69) is 0 Å². The zero-order chi connectivity index (χ0) is 6.78. The van der Waals surface area contributed by atoms with Crippen LogP contribution in [0.2, 0.25) is 0 Å². The van der Waals surface area contributed by atoms with Gasteiger partial charge in [-0.25, -0.2) is 13.0 Å². The molecule has 0 saturated heterocycles. The van der Waals surface area contributed by atoms with Crippen molar-refractivity contribution in [1.82, 2.24) is 0 Å². The first kappa shape index (κ1) is 7.62. The van der Waals surface area contributed by atoms with Crippen LogP contribution in [0.25, 0.3) is 0 Å². The first-order valence-corrected chi connectivity index (χ1v) is 4.08. The van der Waals surface area contributed by atoms with Gasteiger partial charge in [0.25, 0.3) is 5.55 Å². The lowest BCUT2D eigenvalue weighted by molar-refractivity contribution is -0.456. The number of hydrogen-bond donors (Lipinski definition) is 0. The minimum Gasteiger partial charge on any atom is -0.232 e. The van der Waals surface area contributed by atoms with E-state index in [0.29, 0.717) is 0 Å². The van der Waals surface area contributed by atoms with Crippen molar-refractivity contribution in [1.29, 1.82) is 0 Å². The zero-order valence-electron chi connectivity index (χ0n) is 5.25. The average Bonchev–Trinajstić information content (AvgIpc) is 1.21. The lowest BCUT2D eigenvalue weighted by Crippen LogP contribution is -2.07. The topological polar surface area (TPSA) is 37.1 Å². The molecule has 0 unspecified atom stereocenters. The molecular formula is C4H10NO2S+. The second-order valence-corrected chi connectivity index (χ2v) is 3.77. The molecule has 0 aromatic heterocycles. The molecule has 0 aliphatic carbocycles. The fraction of sp³-hybridized carbons (Fsp3) is 0.750. The van der Waals surface area contributed by atoms with Crippen LogP contribution < -0.4 is 0 Å². The number of rotatable bonds is 1. The Balaban J connectivity index is 4.36. The fourth-order valence-corrected chi connectivity index (χ4v) is 1.15.